The van der Waals surface area contributed by atoms with Crippen LogP contribution in [0.1, 0.15) is 19.8 Å². The Morgan fingerprint density at radius 1 is 1.47 bits per heavy atom. The molecule has 4 nitrogen and oxygen atoms in total. The van der Waals surface area contributed by atoms with Crippen LogP contribution in [0.3, 0.4) is 0 Å². The largest absolute Gasteiger partial charge is 0.396 e. The number of benzene rings is 1. The van der Waals surface area contributed by atoms with E-state index in [0.717, 1.165) is 15.7 Å². The molecule has 1 aromatic rings. The number of para-hydroxylation sites is 1. The van der Waals surface area contributed by atoms with Gasteiger partial charge in [-0.2, -0.15) is 0 Å². The molecule has 94 valence electrons. The predicted molar refractivity (Wildman–Crippen MR) is 77.1 cm³/mol. The van der Waals surface area contributed by atoms with Crippen LogP contribution in [0.15, 0.2) is 24.3 Å². The zero-order valence-corrected chi connectivity index (χ0v) is 11.9. The molecular weight excluding hydrogens is 331 g/mol. The van der Waals surface area contributed by atoms with Gasteiger partial charge in [0.25, 0.3) is 0 Å². The van der Waals surface area contributed by atoms with Crippen LogP contribution >= 0.6 is 22.6 Å². The van der Waals surface area contributed by atoms with E-state index in [1.165, 1.54) is 0 Å². The highest BCUT2D eigenvalue weighted by molar-refractivity contribution is 14.1. The Morgan fingerprint density at radius 3 is 2.76 bits per heavy atom. The maximum Gasteiger partial charge on any atom is 0.319 e. The molecule has 2 amide bonds. The van der Waals surface area contributed by atoms with Crippen LogP contribution in [-0.2, 0) is 0 Å². The first kappa shape index (κ1) is 14.2. The topological polar surface area (TPSA) is 61.4 Å². The van der Waals surface area contributed by atoms with Gasteiger partial charge in [0, 0.05) is 16.2 Å². The average Bonchev–Trinajstić information content (AvgIpc) is 2.31. The highest BCUT2D eigenvalue weighted by Gasteiger charge is 2.10. The predicted octanol–water partition coefficient (Wildman–Crippen LogP) is 2.57. The first-order valence-electron chi connectivity index (χ1n) is 5.60. The van der Waals surface area contributed by atoms with Crippen LogP contribution in [0.2, 0.25) is 0 Å². The number of anilines is 1. The number of hydrogen-bond acceptors (Lipinski definition) is 2. The van der Waals surface area contributed by atoms with Gasteiger partial charge in [0.05, 0.1) is 5.69 Å². The van der Waals surface area contributed by atoms with Gasteiger partial charge >= 0.3 is 6.03 Å². The Bertz CT molecular complexity index is 371. The fourth-order valence-electron chi connectivity index (χ4n) is 1.44. The number of aliphatic hydroxyl groups is 1. The van der Waals surface area contributed by atoms with Crippen molar-refractivity contribution in [2.24, 2.45) is 0 Å². The molecule has 3 N–H and O–H groups in total. The Kier molecular flexibility index (Phi) is 6.28. The molecule has 0 bridgehead atoms. The summed E-state index contributed by atoms with van der Waals surface area (Å²) in [7, 11) is 0. The normalized spacial score (nSPS) is 11.9. The van der Waals surface area contributed by atoms with E-state index in [1.54, 1.807) is 0 Å². The third kappa shape index (κ3) is 4.91. The van der Waals surface area contributed by atoms with Crippen molar-refractivity contribution in [1.29, 1.82) is 0 Å². The summed E-state index contributed by atoms with van der Waals surface area (Å²) < 4.78 is 0.996. The summed E-state index contributed by atoms with van der Waals surface area (Å²) in [5.41, 5.74) is 0.796. The minimum Gasteiger partial charge on any atom is -0.396 e. The van der Waals surface area contributed by atoms with Gasteiger partial charge in [-0.25, -0.2) is 4.79 Å². The summed E-state index contributed by atoms with van der Waals surface area (Å²) in [6.45, 7) is 2.06. The summed E-state index contributed by atoms with van der Waals surface area (Å²) in [6.07, 6.45) is 1.38. The molecule has 0 radical (unpaired) electrons. The number of carbonyl (C=O) groups is 1. The summed E-state index contributed by atoms with van der Waals surface area (Å²) in [5.74, 6) is 0. The number of urea groups is 1. The van der Waals surface area contributed by atoms with E-state index >= 15 is 0 Å². The lowest BCUT2D eigenvalue weighted by molar-refractivity contribution is 0.237. The van der Waals surface area contributed by atoms with Crippen molar-refractivity contribution in [3.63, 3.8) is 0 Å². The first-order valence-corrected chi connectivity index (χ1v) is 6.68. The Labute approximate surface area is 115 Å². The van der Waals surface area contributed by atoms with Crippen LogP contribution in [0.25, 0.3) is 0 Å². The molecule has 0 heterocycles. The molecule has 17 heavy (non-hydrogen) atoms. The Balaban J connectivity index is 2.52. The molecule has 0 saturated carbocycles. The van der Waals surface area contributed by atoms with Gasteiger partial charge in [0.2, 0.25) is 0 Å². The smallest absolute Gasteiger partial charge is 0.319 e. The molecule has 0 spiro atoms. The highest BCUT2D eigenvalue weighted by Crippen LogP contribution is 2.16. The molecule has 5 heteroatoms. The monoisotopic (exact) mass is 348 g/mol. The van der Waals surface area contributed by atoms with Crippen LogP contribution < -0.4 is 10.6 Å². The van der Waals surface area contributed by atoms with E-state index < -0.39 is 0 Å². The molecule has 0 aliphatic carbocycles. The van der Waals surface area contributed by atoms with Crippen molar-refractivity contribution in [2.45, 2.75) is 25.8 Å². The molecular formula is C12H17IN2O2. The van der Waals surface area contributed by atoms with Crippen molar-refractivity contribution >= 4 is 34.3 Å². The third-order valence-electron chi connectivity index (χ3n) is 2.43. The van der Waals surface area contributed by atoms with Crippen molar-refractivity contribution in [1.82, 2.24) is 5.32 Å². The molecule has 0 fully saturated rings. The van der Waals surface area contributed by atoms with Crippen LogP contribution in [0.5, 0.6) is 0 Å². The maximum atomic E-state index is 11.7. The second-order valence-electron chi connectivity index (χ2n) is 3.70. The fraction of sp³-hybridized carbons (Fsp3) is 0.417. The summed E-state index contributed by atoms with van der Waals surface area (Å²) >= 11 is 2.17. The van der Waals surface area contributed by atoms with Gasteiger partial charge in [0.15, 0.2) is 0 Å². The van der Waals surface area contributed by atoms with E-state index in [2.05, 4.69) is 33.2 Å². The van der Waals surface area contributed by atoms with E-state index in [4.69, 9.17) is 5.11 Å². The minimum absolute atomic E-state index is 0.0152. The van der Waals surface area contributed by atoms with Crippen molar-refractivity contribution in [3.05, 3.63) is 27.8 Å². The molecule has 1 unspecified atom stereocenters. The molecule has 0 aromatic heterocycles. The molecule has 1 atom stereocenters. The molecule has 0 aliphatic rings. The van der Waals surface area contributed by atoms with Crippen molar-refractivity contribution in [2.75, 3.05) is 11.9 Å². The molecule has 1 aromatic carbocycles. The molecule has 1 rings (SSSR count). The number of amides is 2. The number of nitrogens with one attached hydrogen (secondary N) is 2. The number of carbonyl (C=O) groups excluding carboxylic acids is 1. The Hall–Kier alpha value is -0.820. The molecule has 0 saturated heterocycles. The van der Waals surface area contributed by atoms with Crippen LogP contribution in [-0.4, -0.2) is 23.8 Å². The second kappa shape index (κ2) is 7.50. The van der Waals surface area contributed by atoms with Gasteiger partial charge in [-0.15, -0.1) is 0 Å². The van der Waals surface area contributed by atoms with Crippen molar-refractivity contribution < 1.29 is 9.90 Å². The summed E-state index contributed by atoms with van der Waals surface area (Å²) in [6, 6.07) is 7.37. The van der Waals surface area contributed by atoms with Gasteiger partial charge < -0.3 is 15.7 Å². The number of halogens is 1. The lowest BCUT2D eigenvalue weighted by Crippen LogP contribution is -2.38. The van der Waals surface area contributed by atoms with E-state index in [9.17, 15) is 4.79 Å². The molecule has 0 aliphatic heterocycles. The van der Waals surface area contributed by atoms with Gasteiger partial charge in [-0.3, -0.25) is 0 Å². The number of rotatable bonds is 5. The highest BCUT2D eigenvalue weighted by atomic mass is 127. The van der Waals surface area contributed by atoms with Gasteiger partial charge in [-0.05, 0) is 47.6 Å². The third-order valence-corrected chi connectivity index (χ3v) is 3.37. The Morgan fingerprint density at radius 2 is 2.18 bits per heavy atom. The summed E-state index contributed by atoms with van der Waals surface area (Å²) in [5, 5.41) is 14.5. The second-order valence-corrected chi connectivity index (χ2v) is 4.86. The van der Waals surface area contributed by atoms with E-state index in [0.29, 0.717) is 6.42 Å². The van der Waals surface area contributed by atoms with Crippen LogP contribution in [0, 0.1) is 3.57 Å². The average molecular weight is 348 g/mol. The SMILES string of the molecule is CCC(CCO)NC(=O)Nc1ccccc1I. The maximum absolute atomic E-state index is 11.7. The fourth-order valence-corrected chi connectivity index (χ4v) is 1.96. The quantitative estimate of drug-likeness (QED) is 0.717. The van der Waals surface area contributed by atoms with Gasteiger partial charge in [0.1, 0.15) is 0 Å². The number of hydrogen-bond donors (Lipinski definition) is 3. The minimum atomic E-state index is -0.227. The first-order chi connectivity index (χ1) is 8.17. The lowest BCUT2D eigenvalue weighted by Gasteiger charge is -2.16. The summed E-state index contributed by atoms with van der Waals surface area (Å²) in [4.78, 5) is 11.7. The van der Waals surface area contributed by atoms with Crippen LogP contribution in [0.4, 0.5) is 10.5 Å². The van der Waals surface area contributed by atoms with Gasteiger partial charge in [-0.1, -0.05) is 19.1 Å². The standard InChI is InChI=1S/C12H17IN2O2/c1-2-9(7-8-16)14-12(17)15-11-6-4-3-5-10(11)13/h3-6,9,16H,2,7-8H2,1H3,(H2,14,15,17). The van der Waals surface area contributed by atoms with Crippen molar-refractivity contribution in [3.8, 4) is 0 Å². The van der Waals surface area contributed by atoms with E-state index in [1.807, 2.05) is 31.2 Å². The zero-order chi connectivity index (χ0) is 12.7. The lowest BCUT2D eigenvalue weighted by atomic mass is 10.2. The number of aliphatic hydroxyl groups excluding tert-OH is 1. The zero-order valence-electron chi connectivity index (χ0n) is 9.74. The van der Waals surface area contributed by atoms with E-state index in [-0.39, 0.29) is 18.7 Å².